The highest BCUT2D eigenvalue weighted by molar-refractivity contribution is 6.43. The number of carbonyl (C=O) groups is 3. The Bertz CT molecular complexity index is 1450. The maximum absolute atomic E-state index is 13.4. The molecule has 6 nitrogen and oxygen atoms in total. The number of fused-ring (bicyclic) bond motifs is 1. The van der Waals surface area contributed by atoms with Crippen molar-refractivity contribution in [2.24, 2.45) is 4.99 Å². The predicted octanol–water partition coefficient (Wildman–Crippen LogP) is 7.16. The van der Waals surface area contributed by atoms with E-state index >= 15 is 0 Å². The van der Waals surface area contributed by atoms with Gasteiger partial charge in [0.15, 0.2) is 11.9 Å². The molecule has 0 saturated heterocycles. The van der Waals surface area contributed by atoms with Crippen molar-refractivity contribution in [1.29, 1.82) is 0 Å². The Morgan fingerprint density at radius 2 is 1.72 bits per heavy atom. The first-order valence-electron chi connectivity index (χ1n) is 12.3. The molecule has 202 valence electrons. The molecule has 0 radical (unpaired) electrons. The third-order valence-corrected chi connectivity index (χ3v) is 7.20. The average Bonchev–Trinajstić information content (AvgIpc) is 3.02. The molecule has 1 aliphatic heterocycles. The van der Waals surface area contributed by atoms with Crippen molar-refractivity contribution in [3.63, 3.8) is 0 Å². The number of hydrogen-bond donors (Lipinski definition) is 1. The highest BCUT2D eigenvalue weighted by Gasteiger charge is 2.30. The molecular weight excluding hydrogens is 582 g/mol. The Kier molecular flexibility index (Phi) is 9.67. The number of benzene rings is 3. The molecule has 0 bridgehead atoms. The predicted molar refractivity (Wildman–Crippen MR) is 155 cm³/mol. The van der Waals surface area contributed by atoms with Crippen LogP contribution in [0.4, 0.5) is 0 Å². The minimum Gasteiger partial charge on any atom is -0.493 e. The molecule has 39 heavy (non-hydrogen) atoms. The van der Waals surface area contributed by atoms with E-state index in [0.717, 1.165) is 0 Å². The van der Waals surface area contributed by atoms with Gasteiger partial charge in [-0.1, -0.05) is 77.6 Å². The summed E-state index contributed by atoms with van der Waals surface area (Å²) in [6.45, 7) is 2.04. The van der Waals surface area contributed by atoms with Gasteiger partial charge in [-0.25, -0.2) is 0 Å². The van der Waals surface area contributed by atoms with E-state index in [9.17, 15) is 14.4 Å². The number of amides is 1. The standard InChI is InChI=1S/C29H24Cl4N2O4/c1-2-19(36)7-5-11-39-25-10-9-17(30)13-21(25)29(38)35-28-24(37)12-16-6-3-4-8-20(16)27(34-28)26-22(32)14-18(31)15-23(26)33/h3-4,6,8-10,13-15,28H,2,5,7,11-12H2,1H3,(H,35,38). The number of carbonyl (C=O) groups excluding carboxylic acids is 3. The first-order valence-corrected chi connectivity index (χ1v) is 13.8. The summed E-state index contributed by atoms with van der Waals surface area (Å²) in [6, 6.07) is 15.0. The smallest absolute Gasteiger partial charge is 0.257 e. The molecule has 1 aliphatic rings. The lowest BCUT2D eigenvalue weighted by Gasteiger charge is -2.17. The number of ether oxygens (including phenoxy) is 1. The van der Waals surface area contributed by atoms with Gasteiger partial charge in [0.1, 0.15) is 11.5 Å². The number of Topliss-reactive ketones (excluding diaryl/α,β-unsaturated/α-hetero) is 2. The second kappa shape index (κ2) is 13.0. The molecule has 4 rings (SSSR count). The monoisotopic (exact) mass is 604 g/mol. The molecule has 1 heterocycles. The Balaban J connectivity index is 1.67. The quantitative estimate of drug-likeness (QED) is 0.262. The first kappa shape index (κ1) is 29.1. The molecular formula is C29H24Cl4N2O4. The van der Waals surface area contributed by atoms with Gasteiger partial charge < -0.3 is 10.1 Å². The highest BCUT2D eigenvalue weighted by Crippen LogP contribution is 2.33. The van der Waals surface area contributed by atoms with E-state index in [2.05, 4.69) is 10.3 Å². The van der Waals surface area contributed by atoms with Crippen LogP contribution in [0.2, 0.25) is 20.1 Å². The summed E-state index contributed by atoms with van der Waals surface area (Å²) in [5.41, 5.74) is 2.28. The van der Waals surface area contributed by atoms with Gasteiger partial charge in [0.05, 0.1) is 27.9 Å². The van der Waals surface area contributed by atoms with Crippen LogP contribution >= 0.6 is 46.4 Å². The second-order valence-electron chi connectivity index (χ2n) is 8.88. The molecule has 1 amide bonds. The molecule has 0 fully saturated rings. The summed E-state index contributed by atoms with van der Waals surface area (Å²) in [5, 5.41) is 3.90. The first-order chi connectivity index (χ1) is 18.7. The minimum absolute atomic E-state index is 0.0291. The van der Waals surface area contributed by atoms with Gasteiger partial charge in [0, 0.05) is 40.4 Å². The molecule has 0 spiro atoms. The largest absolute Gasteiger partial charge is 0.493 e. The van der Waals surface area contributed by atoms with Crippen LogP contribution in [0.5, 0.6) is 5.75 Å². The zero-order valence-corrected chi connectivity index (χ0v) is 23.9. The van der Waals surface area contributed by atoms with Crippen molar-refractivity contribution in [1.82, 2.24) is 5.32 Å². The summed E-state index contributed by atoms with van der Waals surface area (Å²) < 4.78 is 5.79. The van der Waals surface area contributed by atoms with E-state index in [1.165, 1.54) is 6.07 Å². The average molecular weight is 606 g/mol. The molecule has 3 aromatic carbocycles. The van der Waals surface area contributed by atoms with Crippen LogP contribution in [-0.2, 0) is 16.0 Å². The van der Waals surface area contributed by atoms with Gasteiger partial charge in [-0.2, -0.15) is 0 Å². The number of nitrogens with zero attached hydrogens (tertiary/aromatic N) is 1. The van der Waals surface area contributed by atoms with E-state index in [1.807, 2.05) is 24.3 Å². The van der Waals surface area contributed by atoms with Crippen LogP contribution in [-0.4, -0.2) is 36.0 Å². The molecule has 1 atom stereocenters. The summed E-state index contributed by atoms with van der Waals surface area (Å²) in [5.74, 6) is -0.513. The third-order valence-electron chi connectivity index (χ3n) is 6.15. The summed E-state index contributed by atoms with van der Waals surface area (Å²) in [7, 11) is 0. The lowest BCUT2D eigenvalue weighted by atomic mass is 9.96. The van der Waals surface area contributed by atoms with E-state index in [-0.39, 0.29) is 46.0 Å². The van der Waals surface area contributed by atoms with E-state index in [4.69, 9.17) is 51.1 Å². The number of halogens is 4. The molecule has 1 N–H and O–H groups in total. The van der Waals surface area contributed by atoms with E-state index in [0.29, 0.717) is 51.7 Å². The van der Waals surface area contributed by atoms with Crippen LogP contribution in [0.25, 0.3) is 0 Å². The van der Waals surface area contributed by atoms with Crippen LogP contribution < -0.4 is 10.1 Å². The van der Waals surface area contributed by atoms with Crippen molar-refractivity contribution in [3.05, 3.63) is 96.9 Å². The van der Waals surface area contributed by atoms with Crippen molar-refractivity contribution in [2.45, 2.75) is 38.8 Å². The van der Waals surface area contributed by atoms with Crippen LogP contribution in [0, 0.1) is 0 Å². The fourth-order valence-corrected chi connectivity index (χ4v) is 5.34. The Morgan fingerprint density at radius 1 is 1.00 bits per heavy atom. The highest BCUT2D eigenvalue weighted by atomic mass is 35.5. The van der Waals surface area contributed by atoms with Crippen molar-refractivity contribution >= 4 is 69.6 Å². The van der Waals surface area contributed by atoms with Crippen LogP contribution in [0.3, 0.4) is 0 Å². The lowest BCUT2D eigenvalue weighted by Crippen LogP contribution is -2.40. The SMILES string of the molecule is CCC(=O)CCCOc1ccc(Cl)cc1C(=O)NC1N=C(c2c(Cl)cc(Cl)cc2Cl)c2ccccc2CC1=O. The van der Waals surface area contributed by atoms with Crippen molar-refractivity contribution in [3.8, 4) is 5.75 Å². The lowest BCUT2D eigenvalue weighted by molar-refractivity contribution is -0.120. The van der Waals surface area contributed by atoms with E-state index in [1.54, 1.807) is 31.2 Å². The molecule has 1 unspecified atom stereocenters. The number of aliphatic imine (C=N–C) groups is 1. The van der Waals surface area contributed by atoms with E-state index < -0.39 is 12.1 Å². The van der Waals surface area contributed by atoms with Crippen molar-refractivity contribution < 1.29 is 19.1 Å². The Labute approximate surface area is 246 Å². The summed E-state index contributed by atoms with van der Waals surface area (Å²) in [6.07, 6.45) is 0.142. The Hall–Kier alpha value is -2.90. The molecule has 3 aromatic rings. The minimum atomic E-state index is -1.24. The molecule has 0 aromatic heterocycles. The normalized spacial score (nSPS) is 14.7. The van der Waals surface area contributed by atoms with Gasteiger partial charge in [0.25, 0.3) is 5.91 Å². The maximum atomic E-state index is 13.4. The summed E-state index contributed by atoms with van der Waals surface area (Å²) >= 11 is 25.3. The molecule has 0 aliphatic carbocycles. The third kappa shape index (κ3) is 7.00. The summed E-state index contributed by atoms with van der Waals surface area (Å²) in [4.78, 5) is 43.0. The van der Waals surface area contributed by atoms with Gasteiger partial charge in [-0.05, 0) is 42.3 Å². The van der Waals surface area contributed by atoms with Gasteiger partial charge in [-0.15, -0.1) is 0 Å². The number of hydrogen-bond acceptors (Lipinski definition) is 5. The number of ketones is 2. The fraction of sp³-hybridized carbons (Fsp3) is 0.241. The number of nitrogens with one attached hydrogen (secondary N) is 1. The second-order valence-corrected chi connectivity index (χ2v) is 10.6. The van der Waals surface area contributed by atoms with Crippen LogP contribution in [0.15, 0.2) is 59.6 Å². The fourth-order valence-electron chi connectivity index (χ4n) is 4.18. The maximum Gasteiger partial charge on any atom is 0.257 e. The van der Waals surface area contributed by atoms with Gasteiger partial charge in [0.2, 0.25) is 0 Å². The number of rotatable bonds is 9. The zero-order valence-electron chi connectivity index (χ0n) is 20.9. The van der Waals surface area contributed by atoms with Gasteiger partial charge in [-0.3, -0.25) is 19.4 Å². The Morgan fingerprint density at radius 3 is 2.44 bits per heavy atom. The van der Waals surface area contributed by atoms with Crippen molar-refractivity contribution in [2.75, 3.05) is 6.61 Å². The topological polar surface area (TPSA) is 84.8 Å². The van der Waals surface area contributed by atoms with Crippen LogP contribution in [0.1, 0.15) is 53.2 Å². The molecule has 0 saturated carbocycles. The molecule has 10 heteroatoms. The van der Waals surface area contributed by atoms with Gasteiger partial charge >= 0.3 is 0 Å². The zero-order chi connectivity index (χ0) is 28.1.